The van der Waals surface area contributed by atoms with Gasteiger partial charge < -0.3 is 0 Å². The average molecular weight is 253 g/mol. The minimum Gasteiger partial charge on any atom is -0.271 e. The van der Waals surface area contributed by atoms with E-state index >= 15 is 0 Å². The third kappa shape index (κ3) is 2.49. The number of hydrazine groups is 1. The lowest BCUT2D eigenvalue weighted by Crippen LogP contribution is -2.29. The van der Waals surface area contributed by atoms with Gasteiger partial charge in [-0.2, -0.15) is 0 Å². The summed E-state index contributed by atoms with van der Waals surface area (Å²) in [7, 11) is 0. The highest BCUT2D eigenvalue weighted by molar-refractivity contribution is 5.30. The fourth-order valence-corrected chi connectivity index (χ4v) is 1.66. The molecule has 6 heteroatoms. The zero-order chi connectivity index (χ0) is 13.1. The van der Waals surface area contributed by atoms with Crippen LogP contribution in [0.2, 0.25) is 0 Å². The van der Waals surface area contributed by atoms with E-state index in [1.54, 1.807) is 0 Å². The smallest absolute Gasteiger partial charge is 0.159 e. The van der Waals surface area contributed by atoms with Gasteiger partial charge in [-0.1, -0.05) is 6.07 Å². The van der Waals surface area contributed by atoms with Crippen molar-refractivity contribution in [2.45, 2.75) is 6.04 Å². The number of hydrogen-bond acceptors (Lipinski definition) is 3. The molecule has 1 aromatic carbocycles. The van der Waals surface area contributed by atoms with Crippen LogP contribution < -0.4 is 11.3 Å². The molecule has 0 aliphatic rings. The summed E-state index contributed by atoms with van der Waals surface area (Å²) in [6.45, 7) is 0. The summed E-state index contributed by atoms with van der Waals surface area (Å²) in [4.78, 5) is 3.68. The second-order valence-corrected chi connectivity index (χ2v) is 3.71. The summed E-state index contributed by atoms with van der Waals surface area (Å²) >= 11 is 0. The van der Waals surface area contributed by atoms with Crippen LogP contribution in [0.3, 0.4) is 0 Å². The Morgan fingerprint density at radius 1 is 1.00 bits per heavy atom. The van der Waals surface area contributed by atoms with Crippen molar-refractivity contribution >= 4 is 0 Å². The van der Waals surface area contributed by atoms with Gasteiger partial charge in [-0.05, 0) is 29.3 Å². The number of hydrogen-bond donors (Lipinski definition) is 2. The molecule has 0 radical (unpaired) electrons. The van der Waals surface area contributed by atoms with E-state index in [0.717, 1.165) is 18.3 Å². The minimum atomic E-state index is -0.989. The van der Waals surface area contributed by atoms with E-state index < -0.39 is 23.5 Å². The highest BCUT2D eigenvalue weighted by Crippen LogP contribution is 2.22. The minimum absolute atomic E-state index is 0.379. The maximum atomic E-state index is 13.1. The van der Waals surface area contributed by atoms with E-state index in [9.17, 15) is 13.2 Å². The van der Waals surface area contributed by atoms with Crippen molar-refractivity contribution in [1.29, 1.82) is 0 Å². The molecule has 0 amide bonds. The van der Waals surface area contributed by atoms with Gasteiger partial charge in [0, 0.05) is 6.20 Å². The fraction of sp³-hybridized carbons (Fsp3) is 0.0833. The van der Waals surface area contributed by atoms with Crippen LogP contribution in [0.5, 0.6) is 0 Å². The quantitative estimate of drug-likeness (QED) is 0.650. The molecule has 2 rings (SSSR count). The van der Waals surface area contributed by atoms with Gasteiger partial charge >= 0.3 is 0 Å². The van der Waals surface area contributed by atoms with Gasteiger partial charge in [0.25, 0.3) is 0 Å². The zero-order valence-electron chi connectivity index (χ0n) is 9.20. The molecule has 1 aromatic heterocycles. The molecule has 1 unspecified atom stereocenters. The molecular weight excluding hydrogens is 243 g/mol. The first-order valence-electron chi connectivity index (χ1n) is 5.13. The summed E-state index contributed by atoms with van der Waals surface area (Å²) in [5, 5.41) is 0. The number of nitrogens with zero attached hydrogens (tertiary/aromatic N) is 1. The highest BCUT2D eigenvalue weighted by atomic mass is 19.2. The van der Waals surface area contributed by atoms with Gasteiger partial charge in [0.15, 0.2) is 11.6 Å². The Morgan fingerprint density at radius 2 is 1.78 bits per heavy atom. The van der Waals surface area contributed by atoms with E-state index in [-0.39, 0.29) is 0 Å². The van der Waals surface area contributed by atoms with Crippen LogP contribution in [0.1, 0.15) is 17.2 Å². The summed E-state index contributed by atoms with van der Waals surface area (Å²) in [5.41, 5.74) is 3.21. The van der Waals surface area contributed by atoms with Crippen molar-refractivity contribution in [2.75, 3.05) is 0 Å². The first-order chi connectivity index (χ1) is 8.61. The number of nitrogens with one attached hydrogen (secondary N) is 1. The Labute approximate surface area is 101 Å². The van der Waals surface area contributed by atoms with Crippen molar-refractivity contribution in [3.8, 4) is 0 Å². The van der Waals surface area contributed by atoms with Crippen LogP contribution in [0.15, 0.2) is 36.7 Å². The van der Waals surface area contributed by atoms with Crippen molar-refractivity contribution in [3.05, 3.63) is 65.2 Å². The lowest BCUT2D eigenvalue weighted by atomic mass is 10.0. The number of rotatable bonds is 3. The Kier molecular flexibility index (Phi) is 3.59. The summed E-state index contributed by atoms with van der Waals surface area (Å²) in [6, 6.07) is 3.92. The number of aromatic nitrogens is 1. The Bertz CT molecular complexity index is 560. The standard InChI is InChI=1S/C12H10F3N3/c13-9-3-8(5-17-6-9)12(18-16)7-1-2-10(14)11(15)4-7/h1-6,12,18H,16H2. The third-order valence-corrected chi connectivity index (χ3v) is 2.50. The molecule has 2 aromatic rings. The van der Waals surface area contributed by atoms with Crippen LogP contribution in [-0.2, 0) is 0 Å². The van der Waals surface area contributed by atoms with Crippen LogP contribution in [0.4, 0.5) is 13.2 Å². The van der Waals surface area contributed by atoms with Gasteiger partial charge in [0.2, 0.25) is 0 Å². The molecule has 0 saturated carbocycles. The molecule has 0 aliphatic carbocycles. The molecule has 1 heterocycles. The molecule has 0 fully saturated rings. The fourth-order valence-electron chi connectivity index (χ4n) is 1.66. The molecule has 0 spiro atoms. The van der Waals surface area contributed by atoms with E-state index in [0.29, 0.717) is 11.1 Å². The second-order valence-electron chi connectivity index (χ2n) is 3.71. The third-order valence-electron chi connectivity index (χ3n) is 2.50. The van der Waals surface area contributed by atoms with Crippen LogP contribution >= 0.6 is 0 Å². The number of benzene rings is 1. The largest absolute Gasteiger partial charge is 0.271 e. The van der Waals surface area contributed by atoms with E-state index in [1.807, 2.05) is 0 Å². The van der Waals surface area contributed by atoms with E-state index in [2.05, 4.69) is 10.4 Å². The maximum Gasteiger partial charge on any atom is 0.159 e. The maximum absolute atomic E-state index is 13.1. The van der Waals surface area contributed by atoms with Gasteiger partial charge in [-0.25, -0.2) is 18.6 Å². The molecule has 0 bridgehead atoms. The predicted octanol–water partition coefficient (Wildman–Crippen LogP) is 2.05. The summed E-state index contributed by atoms with van der Waals surface area (Å²) < 4.78 is 39.0. The van der Waals surface area contributed by atoms with Gasteiger partial charge in [0.05, 0.1) is 12.2 Å². The van der Waals surface area contributed by atoms with Gasteiger partial charge in [0.1, 0.15) is 5.82 Å². The first-order valence-corrected chi connectivity index (χ1v) is 5.13. The van der Waals surface area contributed by atoms with Crippen LogP contribution in [0, 0.1) is 17.5 Å². The average Bonchev–Trinajstić information content (AvgIpc) is 2.35. The van der Waals surface area contributed by atoms with Crippen molar-refractivity contribution in [1.82, 2.24) is 10.4 Å². The predicted molar refractivity (Wildman–Crippen MR) is 59.7 cm³/mol. The van der Waals surface area contributed by atoms with Crippen LogP contribution in [-0.4, -0.2) is 4.98 Å². The Morgan fingerprint density at radius 3 is 2.39 bits per heavy atom. The van der Waals surface area contributed by atoms with Crippen molar-refractivity contribution < 1.29 is 13.2 Å². The molecule has 0 aliphatic heterocycles. The molecular formula is C12H10F3N3. The van der Waals surface area contributed by atoms with Gasteiger partial charge in [-0.3, -0.25) is 10.8 Å². The molecule has 3 nitrogen and oxygen atoms in total. The second kappa shape index (κ2) is 5.16. The monoisotopic (exact) mass is 253 g/mol. The van der Waals surface area contributed by atoms with E-state index in [4.69, 9.17) is 5.84 Å². The topological polar surface area (TPSA) is 50.9 Å². The Hall–Kier alpha value is -1.92. The molecule has 0 saturated heterocycles. The van der Waals surface area contributed by atoms with Crippen molar-refractivity contribution in [3.63, 3.8) is 0 Å². The van der Waals surface area contributed by atoms with E-state index in [1.165, 1.54) is 18.3 Å². The van der Waals surface area contributed by atoms with Crippen LogP contribution in [0.25, 0.3) is 0 Å². The number of nitrogens with two attached hydrogens (primary N) is 1. The Balaban J connectivity index is 2.42. The lowest BCUT2D eigenvalue weighted by Gasteiger charge is -2.16. The lowest BCUT2D eigenvalue weighted by molar-refractivity contribution is 0.503. The van der Waals surface area contributed by atoms with Gasteiger partial charge in [-0.15, -0.1) is 0 Å². The summed E-state index contributed by atoms with van der Waals surface area (Å²) in [5.74, 6) is 2.89. The molecule has 94 valence electrons. The molecule has 1 atom stereocenters. The van der Waals surface area contributed by atoms with Crippen molar-refractivity contribution in [2.24, 2.45) is 5.84 Å². The normalized spacial score (nSPS) is 12.4. The highest BCUT2D eigenvalue weighted by Gasteiger charge is 2.15. The zero-order valence-corrected chi connectivity index (χ0v) is 9.20. The first kappa shape index (κ1) is 12.5. The summed E-state index contributed by atoms with van der Waals surface area (Å²) in [6.07, 6.45) is 2.44. The SMILES string of the molecule is NNC(c1cncc(F)c1)c1ccc(F)c(F)c1. The molecule has 18 heavy (non-hydrogen) atoms. The number of halogens is 3. The molecule has 3 N–H and O–H groups in total. The number of pyridine rings is 1.